The van der Waals surface area contributed by atoms with Gasteiger partial charge in [-0.25, -0.2) is 4.79 Å². The van der Waals surface area contributed by atoms with E-state index in [0.717, 1.165) is 16.7 Å². The minimum absolute atomic E-state index is 0.403. The Balaban J connectivity index is 2.09. The van der Waals surface area contributed by atoms with E-state index < -0.39 is 5.97 Å². The average Bonchev–Trinajstić information content (AvgIpc) is 2.76. The van der Waals surface area contributed by atoms with Crippen molar-refractivity contribution in [2.24, 2.45) is 0 Å². The molecule has 0 atom stereocenters. The Bertz CT molecular complexity index is 987. The molecule has 28 heavy (non-hydrogen) atoms. The fraction of sp³-hybridized carbons (Fsp3) is 0.0800. The van der Waals surface area contributed by atoms with Gasteiger partial charge in [0.1, 0.15) is 5.75 Å². The van der Waals surface area contributed by atoms with E-state index in [4.69, 9.17) is 9.47 Å². The molecule has 0 aliphatic heterocycles. The Morgan fingerprint density at radius 2 is 1.29 bits per heavy atom. The summed E-state index contributed by atoms with van der Waals surface area (Å²) in [5.74, 6) is 0.212. The fourth-order valence-electron chi connectivity index (χ4n) is 2.92. The normalized spacial score (nSPS) is 11.1. The zero-order valence-electron chi connectivity index (χ0n) is 16.0. The Kier molecular flexibility index (Phi) is 6.42. The van der Waals surface area contributed by atoms with Crippen molar-refractivity contribution in [1.29, 1.82) is 0 Å². The molecule has 140 valence electrons. The lowest BCUT2D eigenvalue weighted by atomic mass is 9.97. The molecule has 0 bridgehead atoms. The van der Waals surface area contributed by atoms with Gasteiger partial charge in [0.2, 0.25) is 0 Å². The van der Waals surface area contributed by atoms with Crippen LogP contribution in [0.3, 0.4) is 0 Å². The number of benzene rings is 3. The van der Waals surface area contributed by atoms with Crippen molar-refractivity contribution in [3.8, 4) is 5.75 Å². The molecule has 3 nitrogen and oxygen atoms in total. The number of ether oxygens (including phenoxy) is 2. The van der Waals surface area contributed by atoms with E-state index >= 15 is 0 Å². The maximum absolute atomic E-state index is 12.6. The van der Waals surface area contributed by atoms with Gasteiger partial charge in [0.15, 0.2) is 0 Å². The SMILES string of the molecule is COC(=O)c1c(/C=C/c2ccccc2)ccc(OC)c1/C=C/c1ccccc1. The van der Waals surface area contributed by atoms with Crippen molar-refractivity contribution < 1.29 is 14.3 Å². The third-order valence-corrected chi connectivity index (χ3v) is 4.34. The van der Waals surface area contributed by atoms with Gasteiger partial charge in [-0.05, 0) is 28.8 Å². The van der Waals surface area contributed by atoms with Crippen molar-refractivity contribution >= 4 is 30.3 Å². The second kappa shape index (κ2) is 9.38. The molecule has 0 amide bonds. The molecule has 0 radical (unpaired) electrons. The van der Waals surface area contributed by atoms with Crippen LogP contribution in [0.15, 0.2) is 72.8 Å². The molecule has 0 saturated carbocycles. The van der Waals surface area contributed by atoms with Gasteiger partial charge in [0, 0.05) is 5.56 Å². The van der Waals surface area contributed by atoms with E-state index in [2.05, 4.69) is 0 Å². The molecule has 0 unspecified atom stereocenters. The number of carbonyl (C=O) groups excluding carboxylic acids is 1. The lowest BCUT2D eigenvalue weighted by molar-refractivity contribution is 0.0600. The third kappa shape index (κ3) is 4.57. The highest BCUT2D eigenvalue weighted by atomic mass is 16.5. The zero-order chi connectivity index (χ0) is 19.8. The van der Waals surface area contributed by atoms with Crippen molar-refractivity contribution in [2.75, 3.05) is 14.2 Å². The van der Waals surface area contributed by atoms with E-state index in [1.807, 2.05) is 97.1 Å². The van der Waals surface area contributed by atoms with Gasteiger partial charge >= 0.3 is 5.97 Å². The van der Waals surface area contributed by atoms with E-state index in [-0.39, 0.29) is 0 Å². The molecule has 0 aromatic heterocycles. The highest BCUT2D eigenvalue weighted by molar-refractivity contribution is 6.00. The van der Waals surface area contributed by atoms with Gasteiger partial charge in [0.05, 0.1) is 19.8 Å². The van der Waals surface area contributed by atoms with Crippen molar-refractivity contribution in [3.63, 3.8) is 0 Å². The Hall–Kier alpha value is -3.59. The summed E-state index contributed by atoms with van der Waals surface area (Å²) in [7, 11) is 2.98. The van der Waals surface area contributed by atoms with Crippen LogP contribution in [0.5, 0.6) is 5.75 Å². The quantitative estimate of drug-likeness (QED) is 0.405. The fourth-order valence-corrected chi connectivity index (χ4v) is 2.92. The first-order valence-electron chi connectivity index (χ1n) is 8.98. The summed E-state index contributed by atoms with van der Waals surface area (Å²) in [5.41, 5.74) is 4.01. The van der Waals surface area contributed by atoms with E-state index in [9.17, 15) is 4.79 Å². The van der Waals surface area contributed by atoms with Crippen LogP contribution in [-0.2, 0) is 4.74 Å². The van der Waals surface area contributed by atoms with Gasteiger partial charge in [-0.3, -0.25) is 0 Å². The topological polar surface area (TPSA) is 35.5 Å². The standard InChI is InChI=1S/C25H22O3/c1-27-23-18-16-21(15-13-19-9-5-3-6-10-19)24(25(26)28-2)22(23)17-14-20-11-7-4-8-12-20/h3-18H,1-2H3/b15-13+,17-14+. The number of carbonyl (C=O) groups is 1. The van der Waals surface area contributed by atoms with Crippen molar-refractivity contribution in [2.45, 2.75) is 0 Å². The molecule has 0 spiro atoms. The second-order valence-corrected chi connectivity index (χ2v) is 6.13. The summed E-state index contributed by atoms with van der Waals surface area (Å²) in [6.07, 6.45) is 7.73. The van der Waals surface area contributed by atoms with Crippen molar-refractivity contribution in [3.05, 3.63) is 101 Å². The lowest BCUT2D eigenvalue weighted by Gasteiger charge is -2.13. The zero-order valence-corrected chi connectivity index (χ0v) is 16.0. The summed E-state index contributed by atoms with van der Waals surface area (Å²) < 4.78 is 10.6. The van der Waals surface area contributed by atoms with Gasteiger partial charge < -0.3 is 9.47 Å². The summed E-state index contributed by atoms with van der Waals surface area (Å²) in [6.45, 7) is 0. The molecule has 0 heterocycles. The van der Waals surface area contributed by atoms with Crippen LogP contribution in [-0.4, -0.2) is 20.2 Å². The predicted octanol–water partition coefficient (Wildman–Crippen LogP) is 5.82. The second-order valence-electron chi connectivity index (χ2n) is 6.13. The molecule has 3 heteroatoms. The first-order valence-corrected chi connectivity index (χ1v) is 8.98. The largest absolute Gasteiger partial charge is 0.496 e. The lowest BCUT2D eigenvalue weighted by Crippen LogP contribution is -2.07. The molecule has 0 fully saturated rings. The van der Waals surface area contributed by atoms with E-state index in [0.29, 0.717) is 16.9 Å². The summed E-state index contributed by atoms with van der Waals surface area (Å²) in [6, 6.07) is 23.6. The van der Waals surface area contributed by atoms with E-state index in [1.54, 1.807) is 7.11 Å². The van der Waals surface area contributed by atoms with E-state index in [1.165, 1.54) is 7.11 Å². The monoisotopic (exact) mass is 370 g/mol. The molecule has 3 aromatic rings. The maximum atomic E-state index is 12.6. The van der Waals surface area contributed by atoms with Crippen LogP contribution in [0.4, 0.5) is 0 Å². The molecule has 3 aromatic carbocycles. The van der Waals surface area contributed by atoms with Crippen LogP contribution >= 0.6 is 0 Å². The van der Waals surface area contributed by atoms with Crippen LogP contribution in [0, 0.1) is 0 Å². The smallest absolute Gasteiger partial charge is 0.339 e. The molecular weight excluding hydrogens is 348 g/mol. The minimum atomic E-state index is -0.403. The number of hydrogen-bond acceptors (Lipinski definition) is 3. The minimum Gasteiger partial charge on any atom is -0.496 e. The molecular formula is C25H22O3. The van der Waals surface area contributed by atoms with Crippen LogP contribution in [0.2, 0.25) is 0 Å². The Morgan fingerprint density at radius 1 is 0.714 bits per heavy atom. The van der Waals surface area contributed by atoms with Crippen molar-refractivity contribution in [1.82, 2.24) is 0 Å². The van der Waals surface area contributed by atoms with Gasteiger partial charge in [-0.2, -0.15) is 0 Å². The number of hydrogen-bond donors (Lipinski definition) is 0. The van der Waals surface area contributed by atoms with Gasteiger partial charge in [0.25, 0.3) is 0 Å². The summed E-state index contributed by atoms with van der Waals surface area (Å²) in [5, 5.41) is 0. The van der Waals surface area contributed by atoms with Crippen LogP contribution in [0.1, 0.15) is 32.6 Å². The highest BCUT2D eigenvalue weighted by Gasteiger charge is 2.18. The molecule has 0 aliphatic rings. The molecule has 0 saturated heterocycles. The maximum Gasteiger partial charge on any atom is 0.339 e. The first-order chi connectivity index (χ1) is 13.7. The molecule has 3 rings (SSSR count). The van der Waals surface area contributed by atoms with Crippen LogP contribution in [0.25, 0.3) is 24.3 Å². The van der Waals surface area contributed by atoms with Gasteiger partial charge in [-0.1, -0.05) is 85.0 Å². The Labute approximate surface area is 165 Å². The first kappa shape index (κ1) is 19.2. The van der Waals surface area contributed by atoms with Crippen LogP contribution < -0.4 is 4.74 Å². The summed E-state index contributed by atoms with van der Waals surface area (Å²) in [4.78, 5) is 12.6. The number of rotatable bonds is 6. The van der Waals surface area contributed by atoms with Gasteiger partial charge in [-0.15, -0.1) is 0 Å². The summed E-state index contributed by atoms with van der Waals surface area (Å²) >= 11 is 0. The Morgan fingerprint density at radius 3 is 1.82 bits per heavy atom. The highest BCUT2D eigenvalue weighted by Crippen LogP contribution is 2.30. The predicted molar refractivity (Wildman–Crippen MR) is 115 cm³/mol. The number of esters is 1. The third-order valence-electron chi connectivity index (χ3n) is 4.34. The average molecular weight is 370 g/mol. The molecule has 0 aliphatic carbocycles. The molecule has 0 N–H and O–H groups in total. The number of methoxy groups -OCH3 is 2.